The summed E-state index contributed by atoms with van der Waals surface area (Å²) in [5.74, 6) is 0.969. The van der Waals surface area contributed by atoms with Gasteiger partial charge in [-0.15, -0.1) is 0 Å². The number of benzene rings is 9. The van der Waals surface area contributed by atoms with Gasteiger partial charge in [-0.3, -0.25) is 0 Å². The lowest BCUT2D eigenvalue weighted by molar-refractivity contribution is 0.628. The summed E-state index contributed by atoms with van der Waals surface area (Å²) in [5, 5.41) is 1.16. The molecule has 1 aromatic heterocycles. The van der Waals surface area contributed by atoms with E-state index in [0.717, 1.165) is 39.4 Å². The number of rotatable bonds is 5. The molecule has 2 nitrogen and oxygen atoms in total. The van der Waals surface area contributed by atoms with Gasteiger partial charge in [0, 0.05) is 38.7 Å². The van der Waals surface area contributed by atoms with Gasteiger partial charge in [-0.2, -0.15) is 0 Å². The van der Waals surface area contributed by atoms with Gasteiger partial charge < -0.3 is 9.32 Å². The molecule has 9 aromatic carbocycles. The first-order valence-corrected chi connectivity index (χ1v) is 21.7. The highest BCUT2D eigenvalue weighted by molar-refractivity contribution is 6.06. The molecule has 3 aliphatic rings. The normalized spacial score (nSPS) is 15.8. The number of nitrogens with zero attached hydrogens (tertiary/aromatic N) is 1. The van der Waals surface area contributed by atoms with Crippen molar-refractivity contribution in [3.05, 3.63) is 246 Å². The van der Waals surface area contributed by atoms with Crippen molar-refractivity contribution in [2.24, 2.45) is 0 Å². The summed E-state index contributed by atoms with van der Waals surface area (Å²) in [6, 6.07) is 78.3. The Balaban J connectivity index is 1.08. The lowest BCUT2D eigenvalue weighted by Gasteiger charge is -2.33. The summed E-state index contributed by atoms with van der Waals surface area (Å²) in [4.78, 5) is 2.54. The van der Waals surface area contributed by atoms with Crippen molar-refractivity contribution < 1.29 is 4.42 Å². The first-order valence-electron chi connectivity index (χ1n) is 21.7. The third-order valence-electron chi connectivity index (χ3n) is 14.1. The van der Waals surface area contributed by atoms with E-state index in [1.807, 2.05) is 0 Å². The van der Waals surface area contributed by atoms with Gasteiger partial charge >= 0.3 is 0 Å². The summed E-state index contributed by atoms with van der Waals surface area (Å²) in [6.45, 7) is 4.78. The minimum atomic E-state index is -0.566. The Hall–Kier alpha value is -7.68. The highest BCUT2D eigenvalue weighted by Gasteiger charge is 2.55. The molecule has 1 heterocycles. The van der Waals surface area contributed by atoms with E-state index in [9.17, 15) is 0 Å². The number of para-hydroxylation sites is 2. The van der Waals surface area contributed by atoms with Gasteiger partial charge in [-0.1, -0.05) is 190 Å². The topological polar surface area (TPSA) is 16.4 Å². The smallest absolute Gasteiger partial charge is 0.140 e. The number of anilines is 3. The van der Waals surface area contributed by atoms with Crippen molar-refractivity contribution in [2.45, 2.75) is 24.7 Å². The molecule has 0 bridgehead atoms. The molecule has 13 rings (SSSR count). The van der Waals surface area contributed by atoms with E-state index >= 15 is 0 Å². The quantitative estimate of drug-likeness (QED) is 0.173. The molecule has 292 valence electrons. The molecule has 1 spiro atoms. The van der Waals surface area contributed by atoms with Gasteiger partial charge in [0.05, 0.1) is 16.8 Å². The van der Waals surface area contributed by atoms with Crippen LogP contribution in [0, 0.1) is 0 Å². The third kappa shape index (κ3) is 4.64. The molecule has 0 amide bonds. The second-order valence-corrected chi connectivity index (χ2v) is 17.5. The highest BCUT2D eigenvalue weighted by atomic mass is 16.3. The molecule has 0 aliphatic heterocycles. The Bertz CT molecular complexity index is 3450. The van der Waals surface area contributed by atoms with Crippen LogP contribution < -0.4 is 4.90 Å². The van der Waals surface area contributed by atoms with Crippen LogP contribution in [0.15, 0.2) is 217 Å². The van der Waals surface area contributed by atoms with Crippen LogP contribution in [0.1, 0.15) is 47.2 Å². The third-order valence-corrected chi connectivity index (χ3v) is 14.1. The van der Waals surface area contributed by atoms with Crippen LogP contribution in [0.4, 0.5) is 17.1 Å². The monoisotopic (exact) mass is 791 g/mol. The first-order chi connectivity index (χ1) is 30.5. The molecule has 0 fully saturated rings. The second kappa shape index (κ2) is 12.9. The molecule has 3 aliphatic carbocycles. The van der Waals surface area contributed by atoms with E-state index in [2.05, 4.69) is 231 Å². The Kier molecular flexibility index (Phi) is 7.31. The van der Waals surface area contributed by atoms with Crippen molar-refractivity contribution in [3.63, 3.8) is 0 Å². The maximum atomic E-state index is 6.85. The predicted molar refractivity (Wildman–Crippen MR) is 256 cm³/mol. The fourth-order valence-electron chi connectivity index (χ4n) is 11.4. The Morgan fingerprint density at radius 1 is 0.387 bits per heavy atom. The minimum absolute atomic E-state index is 0.225. The van der Waals surface area contributed by atoms with E-state index in [1.165, 1.54) is 77.9 Å². The molecular formula is C60H41NO. The van der Waals surface area contributed by atoms with Gasteiger partial charge in [-0.05, 0) is 97.6 Å². The standard InChI is InChI=1S/C60H41NO/c1-59(2)51-36-40(38-18-5-3-6-19-38)32-34-43(51)44-35-33-41(37-52(44)59)61(53-29-15-11-22-42(53)39-20-7-4-8-21-39)54-30-17-28-50-56(54)45-23-9-13-26-48(45)60(50)49-27-14-10-24-46(49)58-57(60)47-25-12-16-31-55(47)62-58/h3-37H,1-2H3. The number of hydrogen-bond donors (Lipinski definition) is 0. The van der Waals surface area contributed by atoms with E-state index in [0.29, 0.717) is 0 Å². The maximum Gasteiger partial charge on any atom is 0.140 e. The van der Waals surface area contributed by atoms with Crippen molar-refractivity contribution in [1.29, 1.82) is 0 Å². The summed E-state index contributed by atoms with van der Waals surface area (Å²) >= 11 is 0. The lowest BCUT2D eigenvalue weighted by atomic mass is 9.70. The van der Waals surface area contributed by atoms with Crippen molar-refractivity contribution in [1.82, 2.24) is 0 Å². The molecule has 0 saturated carbocycles. The Morgan fingerprint density at radius 2 is 0.968 bits per heavy atom. The molecule has 0 N–H and O–H groups in total. The average Bonchev–Trinajstić information content (AvgIpc) is 4.02. The molecule has 2 heteroatoms. The van der Waals surface area contributed by atoms with Crippen LogP contribution in [0.3, 0.4) is 0 Å². The zero-order valence-electron chi connectivity index (χ0n) is 34.6. The summed E-state index contributed by atoms with van der Waals surface area (Å²) in [5.41, 5.74) is 22.4. The van der Waals surface area contributed by atoms with Crippen LogP contribution in [-0.2, 0) is 10.8 Å². The van der Waals surface area contributed by atoms with Crippen LogP contribution in [0.25, 0.3) is 66.8 Å². The van der Waals surface area contributed by atoms with E-state index in [-0.39, 0.29) is 5.41 Å². The highest BCUT2D eigenvalue weighted by Crippen LogP contribution is 2.66. The van der Waals surface area contributed by atoms with E-state index in [4.69, 9.17) is 4.42 Å². The van der Waals surface area contributed by atoms with Gasteiger partial charge in [0.1, 0.15) is 11.3 Å². The van der Waals surface area contributed by atoms with Gasteiger partial charge in [0.15, 0.2) is 0 Å². The van der Waals surface area contributed by atoms with Gasteiger partial charge in [-0.25, -0.2) is 0 Å². The number of fused-ring (bicyclic) bond motifs is 15. The summed E-state index contributed by atoms with van der Waals surface area (Å²) in [7, 11) is 0. The average molecular weight is 792 g/mol. The molecule has 0 radical (unpaired) electrons. The van der Waals surface area contributed by atoms with Crippen LogP contribution >= 0.6 is 0 Å². The molecule has 62 heavy (non-hydrogen) atoms. The van der Waals surface area contributed by atoms with Crippen molar-refractivity contribution >= 4 is 28.0 Å². The number of hydrogen-bond acceptors (Lipinski definition) is 2. The Morgan fingerprint density at radius 3 is 1.76 bits per heavy atom. The Labute approximate surface area is 362 Å². The van der Waals surface area contributed by atoms with Crippen molar-refractivity contribution in [2.75, 3.05) is 4.90 Å². The zero-order chi connectivity index (χ0) is 41.2. The van der Waals surface area contributed by atoms with Crippen LogP contribution in [0.5, 0.6) is 0 Å². The SMILES string of the molecule is CC1(C)c2cc(-c3ccccc3)ccc2-c2ccc(N(c3ccccc3-c3ccccc3)c3cccc4c3-c3ccccc3C43c4ccccc4-c4oc5ccccc5c43)cc21. The first kappa shape index (κ1) is 35.1. The molecule has 10 aromatic rings. The summed E-state index contributed by atoms with van der Waals surface area (Å²) < 4.78 is 6.85. The molecular weight excluding hydrogens is 751 g/mol. The van der Waals surface area contributed by atoms with Crippen LogP contribution in [0.2, 0.25) is 0 Å². The van der Waals surface area contributed by atoms with Crippen LogP contribution in [-0.4, -0.2) is 0 Å². The van der Waals surface area contributed by atoms with E-state index < -0.39 is 5.41 Å². The fraction of sp³-hybridized carbons (Fsp3) is 0.0667. The lowest BCUT2D eigenvalue weighted by Crippen LogP contribution is -2.26. The largest absolute Gasteiger partial charge is 0.456 e. The van der Waals surface area contributed by atoms with Crippen molar-refractivity contribution in [3.8, 4) is 55.8 Å². The molecule has 0 saturated heterocycles. The maximum absolute atomic E-state index is 6.85. The van der Waals surface area contributed by atoms with E-state index in [1.54, 1.807) is 0 Å². The molecule has 1 unspecified atom stereocenters. The number of furan rings is 1. The predicted octanol–water partition coefficient (Wildman–Crippen LogP) is 15.9. The molecule has 1 atom stereocenters. The second-order valence-electron chi connectivity index (χ2n) is 17.5. The van der Waals surface area contributed by atoms with Gasteiger partial charge in [0.25, 0.3) is 0 Å². The summed E-state index contributed by atoms with van der Waals surface area (Å²) in [6.07, 6.45) is 0. The minimum Gasteiger partial charge on any atom is -0.456 e. The fourth-order valence-corrected chi connectivity index (χ4v) is 11.4. The van der Waals surface area contributed by atoms with Gasteiger partial charge in [0.2, 0.25) is 0 Å². The zero-order valence-corrected chi connectivity index (χ0v) is 34.6.